The maximum atomic E-state index is 13.8. The summed E-state index contributed by atoms with van der Waals surface area (Å²) in [5.74, 6) is -0.602. The molecule has 4 rings (SSSR count). The van der Waals surface area contributed by atoms with Crippen molar-refractivity contribution in [3.8, 4) is 5.69 Å². The van der Waals surface area contributed by atoms with Crippen molar-refractivity contribution >= 4 is 34.2 Å². The van der Waals surface area contributed by atoms with Crippen LogP contribution in [0.25, 0.3) is 16.7 Å². The van der Waals surface area contributed by atoms with Crippen LogP contribution < -0.4 is 10.9 Å². The lowest BCUT2D eigenvalue weighted by molar-refractivity contribution is -0.136. The van der Waals surface area contributed by atoms with E-state index in [1.165, 1.54) is 17.7 Å². The highest BCUT2D eigenvalue weighted by Gasteiger charge is 2.36. The fourth-order valence-corrected chi connectivity index (χ4v) is 3.80. The number of hydrogen-bond donors (Lipinski definition) is 1. The van der Waals surface area contributed by atoms with Crippen LogP contribution in [0.15, 0.2) is 59.4 Å². The average Bonchev–Trinajstić information content (AvgIpc) is 3.06. The fraction of sp³-hybridized carbons (Fsp3) is 0.174. The van der Waals surface area contributed by atoms with Crippen LogP contribution in [0.3, 0.4) is 0 Å². The van der Waals surface area contributed by atoms with Gasteiger partial charge in [0.05, 0.1) is 22.3 Å². The smallest absolute Gasteiger partial charge is 0.324 e. The van der Waals surface area contributed by atoms with Crippen molar-refractivity contribution in [3.05, 3.63) is 86.8 Å². The Morgan fingerprint density at radius 1 is 1.09 bits per heavy atom. The van der Waals surface area contributed by atoms with Crippen molar-refractivity contribution in [2.24, 2.45) is 0 Å². The van der Waals surface area contributed by atoms with Gasteiger partial charge in [-0.15, -0.1) is 0 Å². The van der Waals surface area contributed by atoms with Gasteiger partial charge in [-0.05, 0) is 44.2 Å². The van der Waals surface area contributed by atoms with E-state index in [0.717, 1.165) is 10.1 Å². The maximum absolute atomic E-state index is 13.8. The Bertz CT molecular complexity index is 1420. The molecule has 0 aliphatic rings. The summed E-state index contributed by atoms with van der Waals surface area (Å²) in [5, 5.41) is 7.04. The molecule has 4 aromatic rings. The number of pyridine rings is 1. The first-order valence-electron chi connectivity index (χ1n) is 9.87. The predicted octanol–water partition coefficient (Wildman–Crippen LogP) is 5.11. The van der Waals surface area contributed by atoms with Crippen LogP contribution in [0.1, 0.15) is 16.8 Å². The van der Waals surface area contributed by atoms with Gasteiger partial charge in [0, 0.05) is 16.8 Å². The van der Waals surface area contributed by atoms with Crippen molar-refractivity contribution in [1.29, 1.82) is 0 Å². The number of carbonyl (C=O) groups excluding carboxylic acids is 1. The van der Waals surface area contributed by atoms with Crippen LogP contribution in [0.2, 0.25) is 5.02 Å². The third-order valence-electron chi connectivity index (χ3n) is 5.09. The van der Waals surface area contributed by atoms with Gasteiger partial charge in [-0.3, -0.25) is 14.2 Å². The Morgan fingerprint density at radius 2 is 1.79 bits per heavy atom. The van der Waals surface area contributed by atoms with Crippen LogP contribution in [-0.2, 0) is 17.5 Å². The lowest BCUT2D eigenvalue weighted by atomic mass is 10.1. The van der Waals surface area contributed by atoms with Crippen LogP contribution in [0, 0.1) is 13.8 Å². The van der Waals surface area contributed by atoms with E-state index in [4.69, 9.17) is 11.6 Å². The second-order valence-electron chi connectivity index (χ2n) is 7.57. The number of alkyl halides is 3. The average molecular weight is 475 g/mol. The first kappa shape index (κ1) is 22.6. The number of halogens is 4. The van der Waals surface area contributed by atoms with E-state index in [1.54, 1.807) is 42.5 Å². The molecular weight excluding hydrogens is 457 g/mol. The molecule has 0 aliphatic heterocycles. The lowest BCUT2D eigenvalue weighted by Crippen LogP contribution is -2.30. The Labute approximate surface area is 191 Å². The van der Waals surface area contributed by atoms with Crippen LogP contribution >= 0.6 is 11.6 Å². The SMILES string of the molecule is Cc1ccc(-n2nc(C)c3c(C(F)(F)F)cc(=O)n(CC(=O)Nc4cccc(Cl)c4)c32)cc1. The number of nitrogens with zero attached hydrogens (tertiary/aromatic N) is 3. The summed E-state index contributed by atoms with van der Waals surface area (Å²) in [4.78, 5) is 25.5. The standard InChI is InChI=1S/C23H18ClF3N4O2/c1-13-6-8-17(9-7-13)31-22-21(14(2)29-31)18(23(25,26)27)11-20(33)30(22)12-19(32)28-16-5-3-4-15(24)10-16/h3-11H,12H2,1-2H3,(H,28,32). The van der Waals surface area contributed by atoms with E-state index >= 15 is 0 Å². The number of aromatic nitrogens is 3. The molecule has 0 fully saturated rings. The first-order chi connectivity index (χ1) is 15.5. The summed E-state index contributed by atoms with van der Waals surface area (Å²) in [6, 6.07) is 13.8. The zero-order valence-corrected chi connectivity index (χ0v) is 18.3. The second-order valence-corrected chi connectivity index (χ2v) is 8.01. The van der Waals surface area contributed by atoms with Crippen molar-refractivity contribution in [2.75, 3.05) is 5.32 Å². The van der Waals surface area contributed by atoms with Crippen LogP contribution in [0.4, 0.5) is 18.9 Å². The molecule has 6 nitrogen and oxygen atoms in total. The summed E-state index contributed by atoms with van der Waals surface area (Å²) in [7, 11) is 0. The van der Waals surface area contributed by atoms with Gasteiger partial charge in [0.2, 0.25) is 5.91 Å². The number of rotatable bonds is 4. The number of aryl methyl sites for hydroxylation is 2. The van der Waals surface area contributed by atoms with Crippen molar-refractivity contribution in [3.63, 3.8) is 0 Å². The molecule has 0 radical (unpaired) electrons. The number of hydrogen-bond acceptors (Lipinski definition) is 3. The summed E-state index contributed by atoms with van der Waals surface area (Å²) in [6.45, 7) is 2.79. The highest BCUT2D eigenvalue weighted by Crippen LogP contribution is 2.36. The van der Waals surface area contributed by atoms with Gasteiger partial charge in [-0.25, -0.2) is 4.68 Å². The largest absolute Gasteiger partial charge is 0.417 e. The van der Waals surface area contributed by atoms with Gasteiger partial charge in [0.15, 0.2) is 0 Å². The van der Waals surface area contributed by atoms with Gasteiger partial charge >= 0.3 is 6.18 Å². The number of anilines is 1. The monoisotopic (exact) mass is 474 g/mol. The molecular formula is C23H18ClF3N4O2. The molecule has 0 aliphatic carbocycles. The number of carbonyl (C=O) groups is 1. The van der Waals surface area contributed by atoms with Gasteiger partial charge in [0.25, 0.3) is 5.56 Å². The third kappa shape index (κ3) is 4.49. The second kappa shape index (κ2) is 8.40. The minimum atomic E-state index is -4.77. The molecule has 0 spiro atoms. The summed E-state index contributed by atoms with van der Waals surface area (Å²) in [6.07, 6.45) is -4.77. The molecule has 0 atom stereocenters. The zero-order valence-electron chi connectivity index (χ0n) is 17.6. The van der Waals surface area contributed by atoms with E-state index in [2.05, 4.69) is 10.4 Å². The highest BCUT2D eigenvalue weighted by atomic mass is 35.5. The normalized spacial score (nSPS) is 11.7. The molecule has 0 bridgehead atoms. The number of amides is 1. The Hall–Kier alpha value is -3.59. The van der Waals surface area contributed by atoms with Crippen LogP contribution in [0.5, 0.6) is 0 Å². The molecule has 33 heavy (non-hydrogen) atoms. The van der Waals surface area contributed by atoms with E-state index in [0.29, 0.717) is 22.5 Å². The summed E-state index contributed by atoms with van der Waals surface area (Å²) < 4.78 is 43.6. The molecule has 0 saturated carbocycles. The van der Waals surface area contributed by atoms with Gasteiger partial charge in [0.1, 0.15) is 12.2 Å². The molecule has 170 valence electrons. The Kier molecular flexibility index (Phi) is 5.75. The minimum Gasteiger partial charge on any atom is -0.324 e. The van der Waals surface area contributed by atoms with E-state index in [9.17, 15) is 22.8 Å². The lowest BCUT2D eigenvalue weighted by Gasteiger charge is -2.15. The van der Waals surface area contributed by atoms with Crippen molar-refractivity contribution < 1.29 is 18.0 Å². The fourth-order valence-electron chi connectivity index (χ4n) is 3.61. The molecule has 1 amide bonds. The zero-order chi connectivity index (χ0) is 23.9. The van der Waals surface area contributed by atoms with E-state index < -0.39 is 29.8 Å². The maximum Gasteiger partial charge on any atom is 0.417 e. The number of benzene rings is 2. The highest BCUT2D eigenvalue weighted by molar-refractivity contribution is 6.30. The Balaban J connectivity index is 1.90. The molecule has 2 aromatic heterocycles. The van der Waals surface area contributed by atoms with Gasteiger partial charge < -0.3 is 5.32 Å². The molecule has 10 heteroatoms. The quantitative estimate of drug-likeness (QED) is 0.446. The topological polar surface area (TPSA) is 68.9 Å². The molecule has 0 unspecified atom stereocenters. The molecule has 2 aromatic carbocycles. The predicted molar refractivity (Wildman–Crippen MR) is 120 cm³/mol. The Morgan fingerprint density at radius 3 is 2.42 bits per heavy atom. The van der Waals surface area contributed by atoms with Gasteiger partial charge in [-0.2, -0.15) is 18.3 Å². The molecule has 2 heterocycles. The minimum absolute atomic E-state index is 0.0851. The van der Waals surface area contributed by atoms with Crippen LogP contribution in [-0.4, -0.2) is 20.3 Å². The van der Waals surface area contributed by atoms with Crippen molar-refractivity contribution in [1.82, 2.24) is 14.3 Å². The van der Waals surface area contributed by atoms with E-state index in [1.807, 2.05) is 6.92 Å². The van der Waals surface area contributed by atoms with E-state index in [-0.39, 0.29) is 16.7 Å². The summed E-state index contributed by atoms with van der Waals surface area (Å²) >= 11 is 5.93. The van der Waals surface area contributed by atoms with Gasteiger partial charge in [-0.1, -0.05) is 35.4 Å². The summed E-state index contributed by atoms with van der Waals surface area (Å²) in [5.41, 5.74) is -0.289. The first-order valence-corrected chi connectivity index (χ1v) is 10.3. The molecule has 1 N–H and O–H groups in total. The van der Waals surface area contributed by atoms with Crippen molar-refractivity contribution in [2.45, 2.75) is 26.6 Å². The third-order valence-corrected chi connectivity index (χ3v) is 5.32. The number of fused-ring (bicyclic) bond motifs is 1. The number of nitrogens with one attached hydrogen (secondary N) is 1. The molecule has 0 saturated heterocycles.